The number of benzene rings is 1. The molecule has 9 heteroatoms. The number of pyridine rings is 1. The minimum Gasteiger partial charge on any atom is -0.396 e. The van der Waals surface area contributed by atoms with Gasteiger partial charge in [0.25, 0.3) is 0 Å². The molecule has 1 N–H and O–H groups in total. The molecule has 4 nitrogen and oxygen atoms in total. The number of rotatable bonds is 5. The summed E-state index contributed by atoms with van der Waals surface area (Å²) in [6, 6.07) is 6.53. The molecule has 24 heavy (non-hydrogen) atoms. The summed E-state index contributed by atoms with van der Waals surface area (Å²) in [7, 11) is -3.39. The zero-order chi connectivity index (χ0) is 18.0. The Morgan fingerprint density at radius 2 is 1.83 bits per heavy atom. The van der Waals surface area contributed by atoms with E-state index in [4.69, 9.17) is 5.11 Å². The summed E-state index contributed by atoms with van der Waals surface area (Å²) in [5.41, 5.74) is -0.234. The third kappa shape index (κ3) is 4.49. The predicted octanol–water partition coefficient (Wildman–Crippen LogP) is 3.26. The van der Waals surface area contributed by atoms with Gasteiger partial charge in [0, 0.05) is 23.8 Å². The van der Waals surface area contributed by atoms with Crippen molar-refractivity contribution in [3.63, 3.8) is 0 Å². The van der Waals surface area contributed by atoms with Gasteiger partial charge in [0.15, 0.2) is 9.84 Å². The standard InChI is InChI=1S/C15H14F3NO3S2/c1-24(21,22)12-4-2-10(3-5-12)13-8-11(15(16,17)18)9-19-14(13)23-7-6-20/h2-5,8-9,20H,6-7H2,1H3. The maximum atomic E-state index is 12.9. The smallest absolute Gasteiger partial charge is 0.396 e. The van der Waals surface area contributed by atoms with Crippen LogP contribution in [0.4, 0.5) is 13.2 Å². The van der Waals surface area contributed by atoms with Crippen LogP contribution in [0.2, 0.25) is 0 Å². The Hall–Kier alpha value is -1.58. The molecule has 0 unspecified atom stereocenters. The lowest BCUT2D eigenvalue weighted by atomic mass is 10.1. The molecule has 0 atom stereocenters. The largest absolute Gasteiger partial charge is 0.417 e. The lowest BCUT2D eigenvalue weighted by Gasteiger charge is -2.13. The Labute approximate surface area is 141 Å². The molecule has 2 rings (SSSR count). The Morgan fingerprint density at radius 1 is 1.21 bits per heavy atom. The number of thioether (sulfide) groups is 1. The first-order valence-electron chi connectivity index (χ1n) is 6.74. The molecule has 130 valence electrons. The van der Waals surface area contributed by atoms with Crippen LogP contribution >= 0.6 is 11.8 Å². The van der Waals surface area contributed by atoms with E-state index >= 15 is 0 Å². The van der Waals surface area contributed by atoms with Gasteiger partial charge in [-0.2, -0.15) is 13.2 Å². The van der Waals surface area contributed by atoms with E-state index in [0.29, 0.717) is 10.6 Å². The number of sulfone groups is 1. The van der Waals surface area contributed by atoms with Crippen LogP contribution in [0, 0.1) is 0 Å². The van der Waals surface area contributed by atoms with E-state index in [1.807, 2.05) is 0 Å². The van der Waals surface area contributed by atoms with Crippen molar-refractivity contribution in [2.24, 2.45) is 0 Å². The number of nitrogens with zero attached hydrogens (tertiary/aromatic N) is 1. The van der Waals surface area contributed by atoms with Crippen LogP contribution in [-0.4, -0.2) is 37.1 Å². The highest BCUT2D eigenvalue weighted by Crippen LogP contribution is 2.36. The van der Waals surface area contributed by atoms with E-state index in [1.54, 1.807) is 0 Å². The van der Waals surface area contributed by atoms with E-state index in [1.165, 1.54) is 24.3 Å². The van der Waals surface area contributed by atoms with E-state index in [-0.39, 0.29) is 22.8 Å². The monoisotopic (exact) mass is 377 g/mol. The summed E-state index contributed by atoms with van der Waals surface area (Å²) in [6.07, 6.45) is -2.74. The van der Waals surface area contributed by atoms with Crippen LogP contribution in [0.3, 0.4) is 0 Å². The number of halogens is 3. The molecule has 0 bridgehead atoms. The first kappa shape index (κ1) is 18.8. The quantitative estimate of drug-likeness (QED) is 0.810. The van der Waals surface area contributed by atoms with Crippen molar-refractivity contribution in [2.75, 3.05) is 18.6 Å². The molecule has 0 aliphatic heterocycles. The van der Waals surface area contributed by atoms with Gasteiger partial charge in [-0.15, -0.1) is 11.8 Å². The van der Waals surface area contributed by atoms with Crippen LogP contribution < -0.4 is 0 Å². The zero-order valence-corrected chi connectivity index (χ0v) is 14.2. The van der Waals surface area contributed by atoms with Gasteiger partial charge in [0.05, 0.1) is 17.1 Å². The van der Waals surface area contributed by atoms with Gasteiger partial charge in [-0.3, -0.25) is 0 Å². The molecule has 0 radical (unpaired) electrons. The van der Waals surface area contributed by atoms with Gasteiger partial charge in [0.2, 0.25) is 0 Å². The molecule has 1 heterocycles. The van der Waals surface area contributed by atoms with Crippen molar-refractivity contribution in [1.29, 1.82) is 0 Å². The molecule has 0 fully saturated rings. The number of hydrogen-bond acceptors (Lipinski definition) is 5. The summed E-state index contributed by atoms with van der Waals surface area (Å²) in [5.74, 6) is 0.285. The fourth-order valence-electron chi connectivity index (χ4n) is 1.95. The minimum atomic E-state index is -4.53. The average molecular weight is 377 g/mol. The van der Waals surface area contributed by atoms with Gasteiger partial charge >= 0.3 is 6.18 Å². The summed E-state index contributed by atoms with van der Waals surface area (Å²) in [4.78, 5) is 3.92. The van der Waals surface area contributed by atoms with E-state index in [2.05, 4.69) is 4.98 Å². The van der Waals surface area contributed by atoms with Crippen LogP contribution in [0.25, 0.3) is 11.1 Å². The highest BCUT2D eigenvalue weighted by Gasteiger charge is 2.32. The van der Waals surface area contributed by atoms with Crippen LogP contribution in [-0.2, 0) is 16.0 Å². The van der Waals surface area contributed by atoms with Crippen LogP contribution in [0.5, 0.6) is 0 Å². The number of aromatic nitrogens is 1. The predicted molar refractivity (Wildman–Crippen MR) is 85.6 cm³/mol. The normalized spacial score (nSPS) is 12.4. The lowest BCUT2D eigenvalue weighted by molar-refractivity contribution is -0.137. The van der Waals surface area contributed by atoms with Gasteiger partial charge in [-0.25, -0.2) is 13.4 Å². The molecular formula is C15H14F3NO3S2. The molecule has 0 spiro atoms. The molecular weight excluding hydrogens is 363 g/mol. The van der Waals surface area contributed by atoms with Gasteiger partial charge < -0.3 is 5.11 Å². The second kappa shape index (κ2) is 7.12. The molecule has 0 aliphatic carbocycles. The van der Waals surface area contributed by atoms with Crippen molar-refractivity contribution in [3.05, 3.63) is 42.1 Å². The van der Waals surface area contributed by atoms with E-state index < -0.39 is 21.6 Å². The summed E-state index contributed by atoms with van der Waals surface area (Å²) < 4.78 is 61.7. The molecule has 1 aromatic carbocycles. The second-order valence-electron chi connectivity index (χ2n) is 4.94. The second-order valence-corrected chi connectivity index (χ2v) is 8.04. The first-order chi connectivity index (χ1) is 11.1. The average Bonchev–Trinajstić information content (AvgIpc) is 2.51. The highest BCUT2D eigenvalue weighted by molar-refractivity contribution is 7.99. The molecule has 0 amide bonds. The summed E-state index contributed by atoms with van der Waals surface area (Å²) >= 11 is 1.12. The molecule has 2 aromatic rings. The van der Waals surface area contributed by atoms with Crippen molar-refractivity contribution in [3.8, 4) is 11.1 Å². The fourth-order valence-corrected chi connectivity index (χ4v) is 3.33. The third-order valence-corrected chi connectivity index (χ3v) is 5.22. The van der Waals surface area contributed by atoms with E-state index in [0.717, 1.165) is 30.3 Å². The van der Waals surface area contributed by atoms with Crippen LogP contribution in [0.1, 0.15) is 5.56 Å². The highest BCUT2D eigenvalue weighted by atomic mass is 32.2. The van der Waals surface area contributed by atoms with Crippen molar-refractivity contribution in [1.82, 2.24) is 4.98 Å². The molecule has 0 aliphatic rings. The molecule has 1 aromatic heterocycles. The first-order valence-corrected chi connectivity index (χ1v) is 9.62. The number of alkyl halides is 3. The Morgan fingerprint density at radius 3 is 2.33 bits per heavy atom. The van der Waals surface area contributed by atoms with Gasteiger partial charge in [0.1, 0.15) is 5.03 Å². The lowest BCUT2D eigenvalue weighted by Crippen LogP contribution is -2.06. The number of aliphatic hydroxyl groups is 1. The van der Waals surface area contributed by atoms with Crippen molar-refractivity contribution in [2.45, 2.75) is 16.1 Å². The van der Waals surface area contributed by atoms with Crippen molar-refractivity contribution < 1.29 is 26.7 Å². The van der Waals surface area contributed by atoms with Gasteiger partial charge in [-0.05, 0) is 23.8 Å². The maximum absolute atomic E-state index is 12.9. The minimum absolute atomic E-state index is 0.0794. The third-order valence-electron chi connectivity index (χ3n) is 3.10. The van der Waals surface area contributed by atoms with Crippen LogP contribution in [0.15, 0.2) is 46.5 Å². The van der Waals surface area contributed by atoms with Crippen molar-refractivity contribution >= 4 is 21.6 Å². The Balaban J connectivity index is 2.52. The maximum Gasteiger partial charge on any atom is 0.417 e. The molecule has 0 saturated carbocycles. The van der Waals surface area contributed by atoms with Gasteiger partial charge in [-0.1, -0.05) is 12.1 Å². The Bertz CT molecular complexity index is 819. The zero-order valence-electron chi connectivity index (χ0n) is 12.5. The molecule has 0 saturated heterocycles. The number of hydrogen-bond donors (Lipinski definition) is 1. The fraction of sp³-hybridized carbons (Fsp3) is 0.267. The summed E-state index contributed by atoms with van der Waals surface area (Å²) in [5, 5.41) is 9.24. The van der Waals surface area contributed by atoms with E-state index in [9.17, 15) is 21.6 Å². The topological polar surface area (TPSA) is 67.3 Å². The Kier molecular flexibility index (Phi) is 5.56. The summed E-state index contributed by atoms with van der Waals surface area (Å²) in [6.45, 7) is -0.139. The number of aliphatic hydroxyl groups excluding tert-OH is 1. The SMILES string of the molecule is CS(=O)(=O)c1ccc(-c2cc(C(F)(F)F)cnc2SCCO)cc1.